The minimum Gasteiger partial charge on any atom is -0.341 e. The molecular weight excluding hydrogens is 268 g/mol. The second-order valence-electron chi connectivity index (χ2n) is 4.82. The molecule has 0 saturated carbocycles. The number of benzene rings is 1. The highest BCUT2D eigenvalue weighted by atomic mass is 32.2. The van der Waals surface area contributed by atoms with Crippen LogP contribution in [0.15, 0.2) is 41.3 Å². The van der Waals surface area contributed by atoms with Crippen LogP contribution in [-0.4, -0.2) is 16.6 Å². The number of thioether (sulfide) groups is 1. The average molecular weight is 282 g/mol. The van der Waals surface area contributed by atoms with E-state index in [2.05, 4.69) is 6.07 Å². The van der Waals surface area contributed by atoms with Gasteiger partial charge in [0.2, 0.25) is 5.78 Å². The molecule has 1 unspecified atom stereocenters. The summed E-state index contributed by atoms with van der Waals surface area (Å²) in [6, 6.07) is 13.7. The predicted octanol–water partition coefficient (Wildman–Crippen LogP) is 3.45. The summed E-state index contributed by atoms with van der Waals surface area (Å²) in [6.07, 6.45) is 2.82. The smallest absolute Gasteiger partial charge is 0.209 e. The highest BCUT2D eigenvalue weighted by molar-refractivity contribution is 7.98. The van der Waals surface area contributed by atoms with Gasteiger partial charge in [-0.3, -0.25) is 4.79 Å². The third kappa shape index (κ3) is 2.04. The minimum atomic E-state index is -0.0737. The number of hydrogen-bond donors (Lipinski definition) is 0. The second-order valence-corrected chi connectivity index (χ2v) is 5.70. The van der Waals surface area contributed by atoms with Crippen LogP contribution in [0.4, 0.5) is 0 Å². The van der Waals surface area contributed by atoms with E-state index in [1.54, 1.807) is 11.8 Å². The highest BCUT2D eigenvalue weighted by Crippen LogP contribution is 2.30. The Kier molecular flexibility index (Phi) is 3.37. The van der Waals surface area contributed by atoms with Gasteiger partial charge in [-0.15, -0.1) is 11.8 Å². The fourth-order valence-corrected chi connectivity index (χ4v) is 3.07. The van der Waals surface area contributed by atoms with Gasteiger partial charge in [0, 0.05) is 22.7 Å². The number of ketones is 1. The van der Waals surface area contributed by atoms with Crippen molar-refractivity contribution in [2.24, 2.45) is 0 Å². The molecule has 3 nitrogen and oxygen atoms in total. The third-order valence-electron chi connectivity index (χ3n) is 3.75. The summed E-state index contributed by atoms with van der Waals surface area (Å²) in [7, 11) is 0. The summed E-state index contributed by atoms with van der Waals surface area (Å²) in [6.45, 7) is 0.754. The normalized spacial score (nSPS) is 16.7. The molecule has 1 aromatic carbocycles. The maximum Gasteiger partial charge on any atom is 0.209 e. The van der Waals surface area contributed by atoms with Crippen LogP contribution >= 0.6 is 11.8 Å². The molecule has 2 heterocycles. The monoisotopic (exact) mass is 282 g/mol. The number of carbonyl (C=O) groups excluding carboxylic acids is 1. The molecule has 20 heavy (non-hydrogen) atoms. The molecule has 0 amide bonds. The summed E-state index contributed by atoms with van der Waals surface area (Å²) in [4.78, 5) is 13.7. The van der Waals surface area contributed by atoms with E-state index in [9.17, 15) is 4.79 Å². The lowest BCUT2D eigenvalue weighted by atomic mass is 10.1. The van der Waals surface area contributed by atoms with E-state index in [0.717, 1.165) is 23.6 Å². The van der Waals surface area contributed by atoms with Gasteiger partial charge in [-0.05, 0) is 49.1 Å². The average Bonchev–Trinajstić information content (AvgIpc) is 3.07. The van der Waals surface area contributed by atoms with E-state index in [-0.39, 0.29) is 11.7 Å². The van der Waals surface area contributed by atoms with Crippen molar-refractivity contribution in [2.45, 2.75) is 23.8 Å². The lowest BCUT2D eigenvalue weighted by molar-refractivity contribution is 0.103. The largest absolute Gasteiger partial charge is 0.341 e. The first-order valence-corrected chi connectivity index (χ1v) is 7.75. The summed E-state index contributed by atoms with van der Waals surface area (Å²) < 4.78 is 1.98. The van der Waals surface area contributed by atoms with Crippen LogP contribution in [0.3, 0.4) is 0 Å². The van der Waals surface area contributed by atoms with E-state index in [1.807, 2.05) is 47.2 Å². The van der Waals surface area contributed by atoms with Crippen LogP contribution in [0.1, 0.15) is 34.1 Å². The van der Waals surface area contributed by atoms with Crippen molar-refractivity contribution < 1.29 is 4.79 Å². The van der Waals surface area contributed by atoms with Crippen molar-refractivity contribution in [1.29, 1.82) is 5.26 Å². The van der Waals surface area contributed by atoms with Gasteiger partial charge in [0.15, 0.2) is 0 Å². The molecule has 0 saturated heterocycles. The van der Waals surface area contributed by atoms with Crippen molar-refractivity contribution in [1.82, 2.24) is 4.57 Å². The maximum absolute atomic E-state index is 12.6. The number of nitrogens with zero attached hydrogens (tertiary/aromatic N) is 2. The van der Waals surface area contributed by atoms with E-state index in [4.69, 9.17) is 5.26 Å². The Morgan fingerprint density at radius 2 is 2.05 bits per heavy atom. The zero-order valence-electron chi connectivity index (χ0n) is 11.2. The van der Waals surface area contributed by atoms with Crippen LogP contribution in [0.5, 0.6) is 0 Å². The Morgan fingerprint density at radius 3 is 2.70 bits per heavy atom. The fourth-order valence-electron chi connectivity index (χ4n) is 2.66. The highest BCUT2D eigenvalue weighted by Gasteiger charge is 2.26. The molecule has 0 N–H and O–H groups in total. The standard InChI is InChI=1S/C16H14N2OS/c1-20-13-4-2-11(3-5-13)16(19)15-7-6-14-12(10-17)8-9-18(14)15/h2-7,12H,8-9H2,1H3. The molecule has 1 aliphatic rings. The first-order valence-electron chi connectivity index (χ1n) is 6.52. The molecule has 2 aromatic rings. The van der Waals surface area contributed by atoms with E-state index in [0.29, 0.717) is 11.3 Å². The van der Waals surface area contributed by atoms with Crippen LogP contribution in [0.25, 0.3) is 0 Å². The molecule has 0 bridgehead atoms. The van der Waals surface area contributed by atoms with Gasteiger partial charge in [-0.2, -0.15) is 5.26 Å². The Morgan fingerprint density at radius 1 is 1.30 bits per heavy atom. The van der Waals surface area contributed by atoms with Crippen molar-refractivity contribution in [2.75, 3.05) is 6.26 Å². The topological polar surface area (TPSA) is 45.8 Å². The van der Waals surface area contributed by atoms with Crippen molar-refractivity contribution >= 4 is 17.5 Å². The van der Waals surface area contributed by atoms with Gasteiger partial charge in [0.05, 0.1) is 17.7 Å². The van der Waals surface area contributed by atoms with Gasteiger partial charge >= 0.3 is 0 Å². The summed E-state index contributed by atoms with van der Waals surface area (Å²) >= 11 is 1.66. The molecule has 0 spiro atoms. The zero-order valence-corrected chi connectivity index (χ0v) is 12.0. The van der Waals surface area contributed by atoms with E-state index >= 15 is 0 Å². The molecule has 3 rings (SSSR count). The van der Waals surface area contributed by atoms with Gasteiger partial charge in [0.1, 0.15) is 0 Å². The van der Waals surface area contributed by atoms with Crippen molar-refractivity contribution in [3.05, 3.63) is 53.3 Å². The van der Waals surface area contributed by atoms with Crippen LogP contribution < -0.4 is 0 Å². The quantitative estimate of drug-likeness (QED) is 0.640. The lowest BCUT2D eigenvalue weighted by Gasteiger charge is -2.06. The molecule has 1 aromatic heterocycles. The van der Waals surface area contributed by atoms with Gasteiger partial charge in [-0.1, -0.05) is 0 Å². The van der Waals surface area contributed by atoms with Gasteiger partial charge < -0.3 is 4.57 Å². The van der Waals surface area contributed by atoms with E-state index in [1.165, 1.54) is 0 Å². The maximum atomic E-state index is 12.6. The van der Waals surface area contributed by atoms with Crippen LogP contribution in [0.2, 0.25) is 0 Å². The Bertz CT molecular complexity index is 694. The number of nitriles is 1. The number of hydrogen-bond acceptors (Lipinski definition) is 3. The Balaban J connectivity index is 1.94. The first kappa shape index (κ1) is 13.0. The first-order chi connectivity index (χ1) is 9.74. The summed E-state index contributed by atoms with van der Waals surface area (Å²) in [5.41, 5.74) is 2.36. The summed E-state index contributed by atoms with van der Waals surface area (Å²) in [5, 5.41) is 9.08. The SMILES string of the molecule is CSc1ccc(C(=O)c2ccc3n2CCC3C#N)cc1. The molecule has 0 fully saturated rings. The fraction of sp³-hybridized carbons (Fsp3) is 0.250. The molecule has 0 aliphatic carbocycles. The Labute approximate surface area is 122 Å². The number of fused-ring (bicyclic) bond motifs is 1. The molecule has 100 valence electrons. The van der Waals surface area contributed by atoms with Crippen LogP contribution in [-0.2, 0) is 6.54 Å². The molecule has 1 aliphatic heterocycles. The molecular formula is C16H14N2OS. The molecule has 0 radical (unpaired) electrons. The minimum absolute atomic E-state index is 0.0301. The second kappa shape index (κ2) is 5.18. The molecule has 4 heteroatoms. The number of carbonyl (C=O) groups is 1. The number of aromatic nitrogens is 1. The third-order valence-corrected chi connectivity index (χ3v) is 4.50. The molecule has 1 atom stereocenters. The number of rotatable bonds is 3. The van der Waals surface area contributed by atoms with Crippen molar-refractivity contribution in [3.8, 4) is 6.07 Å². The van der Waals surface area contributed by atoms with Gasteiger partial charge in [-0.25, -0.2) is 0 Å². The predicted molar refractivity (Wildman–Crippen MR) is 79.1 cm³/mol. The zero-order chi connectivity index (χ0) is 14.1. The van der Waals surface area contributed by atoms with Crippen molar-refractivity contribution in [3.63, 3.8) is 0 Å². The van der Waals surface area contributed by atoms with E-state index < -0.39 is 0 Å². The Hall–Kier alpha value is -1.99. The lowest BCUT2D eigenvalue weighted by Crippen LogP contribution is -2.08. The summed E-state index contributed by atoms with van der Waals surface area (Å²) in [5.74, 6) is -0.0436. The van der Waals surface area contributed by atoms with Gasteiger partial charge in [0.25, 0.3) is 0 Å². The van der Waals surface area contributed by atoms with Crippen LogP contribution in [0, 0.1) is 11.3 Å².